The summed E-state index contributed by atoms with van der Waals surface area (Å²) in [6, 6.07) is 6.14. The zero-order chi connectivity index (χ0) is 11.8. The second-order valence-corrected chi connectivity index (χ2v) is 3.28. The Morgan fingerprint density at radius 3 is 2.33 bits per heavy atom. The smallest absolute Gasteiger partial charge is 0.335 e. The molecule has 0 aliphatic carbocycles. The maximum absolute atomic E-state index is 10.3. The Kier molecular flexibility index (Phi) is 6.70. The molecular formula is C10H13ClO4. The van der Waals surface area contributed by atoms with Crippen LogP contribution in [0.4, 0.5) is 0 Å². The zero-order valence-corrected chi connectivity index (χ0v) is 8.98. The van der Waals surface area contributed by atoms with Crippen molar-refractivity contribution in [3.05, 3.63) is 34.9 Å². The molecule has 0 saturated heterocycles. The molecule has 0 heterocycles. The largest absolute Gasteiger partial charge is 0.478 e. The highest BCUT2D eigenvalue weighted by atomic mass is 35.5. The lowest BCUT2D eigenvalue weighted by atomic mass is 10.2. The fraction of sp³-hybridized carbons (Fsp3) is 0.300. The van der Waals surface area contributed by atoms with Gasteiger partial charge in [0.1, 0.15) is 0 Å². The van der Waals surface area contributed by atoms with Gasteiger partial charge in [-0.05, 0) is 25.1 Å². The molecule has 0 spiro atoms. The summed E-state index contributed by atoms with van der Waals surface area (Å²) in [5, 5.41) is 24.9. The minimum absolute atomic E-state index is 0.139. The van der Waals surface area contributed by atoms with E-state index >= 15 is 0 Å². The monoisotopic (exact) mass is 232 g/mol. The number of rotatable bonds is 2. The van der Waals surface area contributed by atoms with Crippen LogP contribution in [-0.4, -0.2) is 34.0 Å². The van der Waals surface area contributed by atoms with Crippen LogP contribution in [-0.2, 0) is 0 Å². The maximum Gasteiger partial charge on any atom is 0.335 e. The molecule has 1 atom stereocenters. The van der Waals surface area contributed by atoms with Gasteiger partial charge in [-0.3, -0.25) is 0 Å². The normalized spacial score (nSPS) is 11.2. The molecule has 0 aliphatic rings. The van der Waals surface area contributed by atoms with Crippen molar-refractivity contribution < 1.29 is 20.1 Å². The second-order valence-electron chi connectivity index (χ2n) is 2.85. The molecule has 0 radical (unpaired) electrons. The van der Waals surface area contributed by atoms with Crippen molar-refractivity contribution in [2.45, 2.75) is 13.0 Å². The predicted molar refractivity (Wildman–Crippen MR) is 57.2 cm³/mol. The topological polar surface area (TPSA) is 77.8 Å². The van der Waals surface area contributed by atoms with E-state index < -0.39 is 12.1 Å². The number of hydrogen-bond acceptors (Lipinski definition) is 3. The van der Waals surface area contributed by atoms with Crippen molar-refractivity contribution in [2.24, 2.45) is 0 Å². The molecule has 0 aromatic heterocycles. The molecule has 1 aromatic rings. The van der Waals surface area contributed by atoms with Crippen molar-refractivity contribution >= 4 is 17.6 Å². The van der Waals surface area contributed by atoms with Crippen molar-refractivity contribution in [2.75, 3.05) is 6.61 Å². The number of halogens is 1. The third kappa shape index (κ3) is 6.90. The first kappa shape index (κ1) is 13.9. The first-order valence-corrected chi connectivity index (χ1v) is 4.63. The molecule has 1 rings (SSSR count). The van der Waals surface area contributed by atoms with Crippen molar-refractivity contribution in [3.63, 3.8) is 0 Å². The van der Waals surface area contributed by atoms with E-state index in [9.17, 15) is 4.79 Å². The van der Waals surface area contributed by atoms with Crippen LogP contribution in [0.1, 0.15) is 17.3 Å². The first-order valence-electron chi connectivity index (χ1n) is 4.25. The van der Waals surface area contributed by atoms with E-state index in [-0.39, 0.29) is 12.2 Å². The Morgan fingerprint density at radius 2 is 2.07 bits per heavy atom. The van der Waals surface area contributed by atoms with Gasteiger partial charge < -0.3 is 15.3 Å². The fourth-order valence-electron chi connectivity index (χ4n) is 0.622. The van der Waals surface area contributed by atoms with E-state index in [0.29, 0.717) is 5.02 Å². The summed E-state index contributed by atoms with van der Waals surface area (Å²) in [4.78, 5) is 10.3. The van der Waals surface area contributed by atoms with E-state index in [0.717, 1.165) is 0 Å². The van der Waals surface area contributed by atoms with Gasteiger partial charge in [-0.1, -0.05) is 17.7 Å². The maximum atomic E-state index is 10.3. The van der Waals surface area contributed by atoms with Gasteiger partial charge in [-0.15, -0.1) is 0 Å². The third-order valence-corrected chi connectivity index (χ3v) is 1.57. The number of aliphatic hydroxyl groups excluding tert-OH is 2. The van der Waals surface area contributed by atoms with Gasteiger partial charge >= 0.3 is 5.97 Å². The van der Waals surface area contributed by atoms with Gasteiger partial charge in [-0.2, -0.15) is 0 Å². The summed E-state index contributed by atoms with van der Waals surface area (Å²) in [7, 11) is 0. The summed E-state index contributed by atoms with van der Waals surface area (Å²) in [5.74, 6) is -0.956. The average Bonchev–Trinajstić information content (AvgIpc) is 2.18. The summed E-state index contributed by atoms with van der Waals surface area (Å²) in [5.41, 5.74) is 0.215. The molecule has 1 aromatic carbocycles. The lowest BCUT2D eigenvalue weighted by Crippen LogP contribution is -2.03. The minimum Gasteiger partial charge on any atom is -0.478 e. The molecular weight excluding hydrogens is 220 g/mol. The highest BCUT2D eigenvalue weighted by Gasteiger charge is 2.00. The van der Waals surface area contributed by atoms with Gasteiger partial charge in [0, 0.05) is 5.02 Å². The number of benzene rings is 1. The van der Waals surface area contributed by atoms with Gasteiger partial charge in [0.2, 0.25) is 0 Å². The molecule has 0 amide bonds. The Balaban J connectivity index is 0.000000336. The molecule has 3 N–H and O–H groups in total. The highest BCUT2D eigenvalue weighted by Crippen LogP contribution is 2.09. The van der Waals surface area contributed by atoms with Crippen LogP contribution in [0.3, 0.4) is 0 Å². The lowest BCUT2D eigenvalue weighted by Gasteiger charge is -1.92. The molecule has 15 heavy (non-hydrogen) atoms. The molecule has 0 bridgehead atoms. The van der Waals surface area contributed by atoms with Crippen LogP contribution < -0.4 is 0 Å². The lowest BCUT2D eigenvalue weighted by molar-refractivity contribution is 0.0697. The van der Waals surface area contributed by atoms with Crippen LogP contribution >= 0.6 is 11.6 Å². The molecule has 1 unspecified atom stereocenters. The van der Waals surface area contributed by atoms with Crippen LogP contribution in [0.25, 0.3) is 0 Å². The van der Waals surface area contributed by atoms with Crippen molar-refractivity contribution in [3.8, 4) is 0 Å². The Morgan fingerprint density at radius 1 is 1.53 bits per heavy atom. The molecule has 0 saturated carbocycles. The molecule has 84 valence electrons. The van der Waals surface area contributed by atoms with Crippen molar-refractivity contribution in [1.29, 1.82) is 0 Å². The van der Waals surface area contributed by atoms with E-state index in [1.165, 1.54) is 19.1 Å². The highest BCUT2D eigenvalue weighted by molar-refractivity contribution is 6.30. The van der Waals surface area contributed by atoms with Crippen LogP contribution in [0, 0.1) is 0 Å². The van der Waals surface area contributed by atoms with Gasteiger partial charge in [0.05, 0.1) is 18.3 Å². The van der Waals surface area contributed by atoms with E-state index in [2.05, 4.69) is 0 Å². The molecule has 5 heteroatoms. The second kappa shape index (κ2) is 7.23. The molecule has 0 fully saturated rings. The summed E-state index contributed by atoms with van der Waals surface area (Å²) in [6.45, 7) is 1.39. The first-order chi connectivity index (χ1) is 6.97. The fourth-order valence-corrected chi connectivity index (χ4v) is 0.812. The van der Waals surface area contributed by atoms with Crippen LogP contribution in [0.15, 0.2) is 24.3 Å². The Labute approximate surface area is 92.7 Å². The van der Waals surface area contributed by atoms with Gasteiger partial charge in [0.15, 0.2) is 0 Å². The Hall–Kier alpha value is -1.10. The van der Waals surface area contributed by atoms with E-state index in [4.69, 9.17) is 26.9 Å². The number of carboxylic acids is 1. The number of aromatic carboxylic acids is 1. The van der Waals surface area contributed by atoms with E-state index in [1.807, 2.05) is 0 Å². The SMILES string of the molecule is CC(O)CO.O=C(O)c1cccc(Cl)c1. The van der Waals surface area contributed by atoms with Crippen LogP contribution in [0.2, 0.25) is 5.02 Å². The van der Waals surface area contributed by atoms with Crippen LogP contribution in [0.5, 0.6) is 0 Å². The third-order valence-electron chi connectivity index (χ3n) is 1.34. The molecule has 0 aliphatic heterocycles. The minimum atomic E-state index is -0.956. The summed E-state index contributed by atoms with van der Waals surface area (Å²) in [6.07, 6.45) is -0.560. The number of aliphatic hydroxyl groups is 2. The average molecular weight is 233 g/mol. The Bertz CT molecular complexity index is 312. The number of carboxylic acid groups (broad SMARTS) is 1. The predicted octanol–water partition coefficient (Wildman–Crippen LogP) is 1.40. The van der Waals surface area contributed by atoms with E-state index in [1.54, 1.807) is 12.1 Å². The van der Waals surface area contributed by atoms with Crippen molar-refractivity contribution in [1.82, 2.24) is 0 Å². The quantitative estimate of drug-likeness (QED) is 0.720. The number of hydrogen-bond donors (Lipinski definition) is 3. The summed E-state index contributed by atoms with van der Waals surface area (Å²) >= 11 is 5.53. The van der Waals surface area contributed by atoms with Gasteiger partial charge in [0.25, 0.3) is 0 Å². The standard InChI is InChI=1S/C7H5ClO2.C3H8O2/c8-6-3-1-2-5(4-6)7(9)10;1-3(5)2-4/h1-4H,(H,9,10);3-5H,2H2,1H3. The zero-order valence-electron chi connectivity index (χ0n) is 8.22. The summed E-state index contributed by atoms with van der Waals surface area (Å²) < 4.78 is 0. The molecule has 4 nitrogen and oxygen atoms in total. The number of carbonyl (C=O) groups is 1. The van der Waals surface area contributed by atoms with Gasteiger partial charge in [-0.25, -0.2) is 4.79 Å².